The number of hydrogen-bond donors (Lipinski definition) is 1. The van der Waals surface area contributed by atoms with Gasteiger partial charge in [0.2, 0.25) is 0 Å². The Bertz CT molecular complexity index is 215. The van der Waals surface area contributed by atoms with Gasteiger partial charge in [0.05, 0.1) is 0 Å². The average Bonchev–Trinajstić information content (AvgIpc) is 3.11. The molecule has 0 aromatic heterocycles. The molecule has 1 unspecified atom stereocenters. The van der Waals surface area contributed by atoms with E-state index in [1.54, 1.807) is 0 Å². The summed E-state index contributed by atoms with van der Waals surface area (Å²) in [6.45, 7) is 12.2. The monoisotopic (exact) mass is 238 g/mol. The third kappa shape index (κ3) is 4.59. The zero-order valence-corrected chi connectivity index (χ0v) is 11.9. The van der Waals surface area contributed by atoms with E-state index in [0.717, 1.165) is 23.8 Å². The molecule has 0 spiro atoms. The summed E-state index contributed by atoms with van der Waals surface area (Å²) in [5.74, 6) is 2.77. The van der Waals surface area contributed by atoms with E-state index < -0.39 is 0 Å². The molecule has 1 saturated carbocycles. The van der Waals surface area contributed by atoms with Gasteiger partial charge < -0.3 is 10.2 Å². The maximum Gasteiger partial charge on any atom is 0.00915 e. The van der Waals surface area contributed by atoms with Crippen molar-refractivity contribution >= 4 is 0 Å². The third-order valence-corrected chi connectivity index (χ3v) is 4.37. The Morgan fingerprint density at radius 3 is 2.24 bits per heavy atom. The van der Waals surface area contributed by atoms with Crippen LogP contribution in [0.15, 0.2) is 0 Å². The molecular formula is C15H30N2. The van der Waals surface area contributed by atoms with Crippen molar-refractivity contribution in [2.45, 2.75) is 52.5 Å². The SMILES string of the molecule is CC(C)CN1CCC(NCC(C)C2CC2)CC1. The van der Waals surface area contributed by atoms with Crippen molar-refractivity contribution in [3.05, 3.63) is 0 Å². The standard InChI is InChI=1S/C15H30N2/c1-12(2)11-17-8-6-15(7-9-17)16-10-13(3)14-4-5-14/h12-16H,4-11H2,1-3H3. The summed E-state index contributed by atoms with van der Waals surface area (Å²) in [5.41, 5.74) is 0. The van der Waals surface area contributed by atoms with Crippen LogP contribution in [0.3, 0.4) is 0 Å². The minimum Gasteiger partial charge on any atom is -0.314 e. The van der Waals surface area contributed by atoms with Gasteiger partial charge in [-0.15, -0.1) is 0 Å². The van der Waals surface area contributed by atoms with E-state index in [4.69, 9.17) is 0 Å². The lowest BCUT2D eigenvalue weighted by atomic mass is 10.0. The van der Waals surface area contributed by atoms with Crippen LogP contribution in [0.2, 0.25) is 0 Å². The molecule has 1 N–H and O–H groups in total. The highest BCUT2D eigenvalue weighted by Gasteiger charge is 2.28. The van der Waals surface area contributed by atoms with E-state index in [2.05, 4.69) is 31.0 Å². The molecular weight excluding hydrogens is 208 g/mol. The van der Waals surface area contributed by atoms with Crippen LogP contribution in [-0.4, -0.2) is 37.1 Å². The largest absolute Gasteiger partial charge is 0.314 e. The topological polar surface area (TPSA) is 15.3 Å². The first-order chi connectivity index (χ1) is 8.15. The van der Waals surface area contributed by atoms with Crippen LogP contribution in [0.25, 0.3) is 0 Å². The average molecular weight is 238 g/mol. The molecule has 1 aliphatic carbocycles. The Morgan fingerprint density at radius 2 is 1.71 bits per heavy atom. The van der Waals surface area contributed by atoms with Crippen LogP contribution in [0.5, 0.6) is 0 Å². The van der Waals surface area contributed by atoms with Crippen LogP contribution >= 0.6 is 0 Å². The summed E-state index contributed by atoms with van der Waals surface area (Å²) in [5, 5.41) is 3.79. The van der Waals surface area contributed by atoms with Gasteiger partial charge in [0.15, 0.2) is 0 Å². The first-order valence-corrected chi connectivity index (χ1v) is 7.61. The number of piperidine rings is 1. The molecule has 1 aliphatic heterocycles. The highest BCUT2D eigenvalue weighted by molar-refractivity contribution is 4.83. The van der Waals surface area contributed by atoms with Gasteiger partial charge in [-0.05, 0) is 63.1 Å². The lowest BCUT2D eigenvalue weighted by molar-refractivity contribution is 0.177. The van der Waals surface area contributed by atoms with Crippen LogP contribution in [-0.2, 0) is 0 Å². The van der Waals surface area contributed by atoms with Crippen molar-refractivity contribution in [2.24, 2.45) is 17.8 Å². The van der Waals surface area contributed by atoms with Crippen LogP contribution in [0.4, 0.5) is 0 Å². The summed E-state index contributed by atoms with van der Waals surface area (Å²) < 4.78 is 0. The molecule has 2 nitrogen and oxygen atoms in total. The minimum atomic E-state index is 0.791. The molecule has 2 rings (SSSR count). The molecule has 2 heteroatoms. The zero-order valence-electron chi connectivity index (χ0n) is 11.9. The van der Waals surface area contributed by atoms with E-state index in [1.807, 2.05) is 0 Å². The highest BCUT2D eigenvalue weighted by Crippen LogP contribution is 2.36. The zero-order chi connectivity index (χ0) is 12.3. The lowest BCUT2D eigenvalue weighted by Gasteiger charge is -2.34. The summed E-state index contributed by atoms with van der Waals surface area (Å²) in [7, 11) is 0. The second kappa shape index (κ2) is 6.19. The van der Waals surface area contributed by atoms with Gasteiger partial charge in [-0.3, -0.25) is 0 Å². The van der Waals surface area contributed by atoms with Crippen molar-refractivity contribution in [3.63, 3.8) is 0 Å². The first kappa shape index (κ1) is 13.4. The van der Waals surface area contributed by atoms with Gasteiger partial charge in [-0.2, -0.15) is 0 Å². The Hall–Kier alpha value is -0.0800. The molecule has 1 atom stereocenters. The molecule has 100 valence electrons. The van der Waals surface area contributed by atoms with E-state index in [0.29, 0.717) is 0 Å². The van der Waals surface area contributed by atoms with Gasteiger partial charge in [-0.25, -0.2) is 0 Å². The Kier molecular flexibility index (Phi) is 4.87. The fourth-order valence-electron chi connectivity index (χ4n) is 3.02. The van der Waals surface area contributed by atoms with Crippen molar-refractivity contribution < 1.29 is 0 Å². The number of nitrogens with one attached hydrogen (secondary N) is 1. The highest BCUT2D eigenvalue weighted by atomic mass is 15.1. The first-order valence-electron chi connectivity index (χ1n) is 7.61. The predicted molar refractivity (Wildman–Crippen MR) is 74.2 cm³/mol. The number of hydrogen-bond acceptors (Lipinski definition) is 2. The number of rotatable bonds is 6. The fraction of sp³-hybridized carbons (Fsp3) is 1.00. The van der Waals surface area contributed by atoms with Crippen molar-refractivity contribution in [1.82, 2.24) is 10.2 Å². The molecule has 0 radical (unpaired) electrons. The van der Waals surface area contributed by atoms with Gasteiger partial charge in [0.1, 0.15) is 0 Å². The molecule has 0 aromatic rings. The molecule has 17 heavy (non-hydrogen) atoms. The second-order valence-corrected chi connectivity index (χ2v) is 6.69. The lowest BCUT2D eigenvalue weighted by Crippen LogP contribution is -2.44. The molecule has 0 bridgehead atoms. The molecule has 1 heterocycles. The number of nitrogens with zero attached hydrogens (tertiary/aromatic N) is 1. The fourth-order valence-corrected chi connectivity index (χ4v) is 3.02. The summed E-state index contributed by atoms with van der Waals surface area (Å²) in [4.78, 5) is 2.63. The second-order valence-electron chi connectivity index (χ2n) is 6.69. The van der Waals surface area contributed by atoms with Crippen LogP contribution in [0, 0.1) is 17.8 Å². The summed E-state index contributed by atoms with van der Waals surface area (Å²) >= 11 is 0. The van der Waals surface area contributed by atoms with E-state index in [-0.39, 0.29) is 0 Å². The normalized spacial score (nSPS) is 25.4. The van der Waals surface area contributed by atoms with Crippen molar-refractivity contribution in [2.75, 3.05) is 26.2 Å². The third-order valence-electron chi connectivity index (χ3n) is 4.37. The van der Waals surface area contributed by atoms with Crippen molar-refractivity contribution in [3.8, 4) is 0 Å². The Labute approximate surface area is 107 Å². The van der Waals surface area contributed by atoms with E-state index in [1.165, 1.54) is 51.9 Å². The minimum absolute atomic E-state index is 0.791. The van der Waals surface area contributed by atoms with Gasteiger partial charge in [-0.1, -0.05) is 20.8 Å². The van der Waals surface area contributed by atoms with Crippen molar-refractivity contribution in [1.29, 1.82) is 0 Å². The van der Waals surface area contributed by atoms with Crippen LogP contribution in [0.1, 0.15) is 46.5 Å². The van der Waals surface area contributed by atoms with E-state index in [9.17, 15) is 0 Å². The smallest absolute Gasteiger partial charge is 0.00915 e. The molecule has 1 saturated heterocycles. The summed E-state index contributed by atoms with van der Waals surface area (Å²) in [6.07, 6.45) is 5.67. The maximum atomic E-state index is 3.79. The Morgan fingerprint density at radius 1 is 1.06 bits per heavy atom. The molecule has 0 amide bonds. The van der Waals surface area contributed by atoms with Gasteiger partial charge in [0.25, 0.3) is 0 Å². The quantitative estimate of drug-likeness (QED) is 0.765. The van der Waals surface area contributed by atoms with Crippen LogP contribution < -0.4 is 5.32 Å². The predicted octanol–water partition coefficient (Wildman–Crippen LogP) is 2.74. The summed E-state index contributed by atoms with van der Waals surface area (Å²) in [6, 6.07) is 0.791. The maximum absolute atomic E-state index is 3.79. The van der Waals surface area contributed by atoms with Gasteiger partial charge >= 0.3 is 0 Å². The number of likely N-dealkylation sites (tertiary alicyclic amines) is 1. The van der Waals surface area contributed by atoms with E-state index >= 15 is 0 Å². The molecule has 0 aromatic carbocycles. The molecule has 2 aliphatic rings. The Balaban J connectivity index is 1.58. The molecule has 2 fully saturated rings. The van der Waals surface area contributed by atoms with Gasteiger partial charge in [0, 0.05) is 12.6 Å².